The number of allylic oxidation sites excluding steroid dienone is 3. The third-order valence-corrected chi connectivity index (χ3v) is 5.30. The molecule has 2 aromatic rings. The molecular formula is C22H24ClIN2O. The van der Waals surface area contributed by atoms with E-state index in [0.29, 0.717) is 10.8 Å². The Kier molecular flexibility index (Phi) is 7.92. The topological polar surface area (TPSA) is 25.4 Å². The molecule has 0 saturated carbocycles. The lowest BCUT2D eigenvalue weighted by Crippen LogP contribution is -2.25. The lowest BCUT2D eigenvalue weighted by atomic mass is 9.97. The minimum Gasteiger partial charge on any atom is -0.495 e. The summed E-state index contributed by atoms with van der Waals surface area (Å²) in [7, 11) is 1.60. The van der Waals surface area contributed by atoms with Gasteiger partial charge >= 0.3 is 0 Å². The Hall–Kier alpha value is -1.79. The van der Waals surface area contributed by atoms with Gasteiger partial charge in [-0.1, -0.05) is 62.4 Å². The van der Waals surface area contributed by atoms with Crippen LogP contribution in [-0.4, -0.2) is 23.5 Å². The predicted octanol–water partition coefficient (Wildman–Crippen LogP) is 6.81. The molecule has 0 radical (unpaired) electrons. The molecule has 1 aliphatic rings. The molecule has 3 nitrogen and oxygen atoms in total. The molecule has 0 bridgehead atoms. The first-order chi connectivity index (χ1) is 13.1. The first kappa shape index (κ1) is 21.5. The standard InChI is InChI=1S/C20H18ClIN2O.C2H6/c1-4-24-13(2)18(22)11-16(14-8-6-5-7-9-14)20(24)19-17(21)10-15(25-3)12-23-19;1-2/h5-12H,2,4H2,1,3H3;1-2H3. The Bertz CT molecular complexity index is 875. The lowest BCUT2D eigenvalue weighted by Gasteiger charge is -2.33. The van der Waals surface area contributed by atoms with Crippen LogP contribution in [0.3, 0.4) is 0 Å². The molecule has 0 saturated heterocycles. The van der Waals surface area contributed by atoms with Gasteiger partial charge in [0.15, 0.2) is 0 Å². The fourth-order valence-electron chi connectivity index (χ4n) is 2.84. The molecule has 0 atom stereocenters. The summed E-state index contributed by atoms with van der Waals surface area (Å²) in [6.07, 6.45) is 3.83. The van der Waals surface area contributed by atoms with E-state index in [-0.39, 0.29) is 0 Å². The molecule has 1 aromatic carbocycles. The van der Waals surface area contributed by atoms with Gasteiger partial charge in [-0.3, -0.25) is 0 Å². The zero-order valence-electron chi connectivity index (χ0n) is 16.1. The van der Waals surface area contributed by atoms with E-state index >= 15 is 0 Å². The average molecular weight is 495 g/mol. The number of aromatic nitrogens is 1. The second-order valence-corrected chi connectivity index (χ2v) is 7.09. The van der Waals surface area contributed by atoms with Crippen molar-refractivity contribution in [2.24, 2.45) is 0 Å². The lowest BCUT2D eigenvalue weighted by molar-refractivity contribution is 0.412. The molecule has 0 aliphatic carbocycles. The molecule has 0 amide bonds. The van der Waals surface area contributed by atoms with Gasteiger partial charge in [0.1, 0.15) is 11.4 Å². The molecule has 142 valence electrons. The van der Waals surface area contributed by atoms with Crippen molar-refractivity contribution in [3.05, 3.63) is 80.8 Å². The SMILES string of the molecule is C=C1C(I)=CC(c2ccccc2)=C(c2ncc(OC)cc2Cl)N1CC.CC. The molecule has 27 heavy (non-hydrogen) atoms. The summed E-state index contributed by atoms with van der Waals surface area (Å²) in [6.45, 7) is 11.1. The van der Waals surface area contributed by atoms with Gasteiger partial charge in [-0.05, 0) is 41.2 Å². The van der Waals surface area contributed by atoms with Crippen molar-refractivity contribution >= 4 is 45.5 Å². The van der Waals surface area contributed by atoms with Crippen LogP contribution in [0.15, 0.2) is 64.5 Å². The van der Waals surface area contributed by atoms with E-state index < -0.39 is 0 Å². The molecule has 3 rings (SSSR count). The number of benzene rings is 1. The molecule has 0 N–H and O–H groups in total. The van der Waals surface area contributed by atoms with Gasteiger partial charge in [-0.15, -0.1) is 0 Å². The van der Waals surface area contributed by atoms with Gasteiger partial charge in [-0.2, -0.15) is 0 Å². The Morgan fingerprint density at radius 3 is 2.44 bits per heavy atom. The highest BCUT2D eigenvalue weighted by Gasteiger charge is 2.26. The number of hydrogen-bond donors (Lipinski definition) is 0. The Morgan fingerprint density at radius 2 is 1.89 bits per heavy atom. The Morgan fingerprint density at radius 1 is 1.22 bits per heavy atom. The first-order valence-electron chi connectivity index (χ1n) is 8.90. The minimum atomic E-state index is 0.555. The summed E-state index contributed by atoms with van der Waals surface area (Å²) >= 11 is 8.87. The molecule has 0 fully saturated rings. The third-order valence-electron chi connectivity index (χ3n) is 4.07. The molecule has 0 spiro atoms. The largest absolute Gasteiger partial charge is 0.495 e. The van der Waals surface area contributed by atoms with Gasteiger partial charge in [0.2, 0.25) is 0 Å². The van der Waals surface area contributed by atoms with Crippen LogP contribution in [0, 0.1) is 0 Å². The van der Waals surface area contributed by atoms with Crippen LogP contribution in [0.25, 0.3) is 11.3 Å². The van der Waals surface area contributed by atoms with Crippen LogP contribution < -0.4 is 4.74 Å². The predicted molar refractivity (Wildman–Crippen MR) is 124 cm³/mol. The van der Waals surface area contributed by atoms with Crippen molar-refractivity contribution in [1.82, 2.24) is 9.88 Å². The molecule has 2 heterocycles. The average Bonchev–Trinajstić information content (AvgIpc) is 2.72. The number of halogens is 2. The van der Waals surface area contributed by atoms with Crippen molar-refractivity contribution in [3.63, 3.8) is 0 Å². The van der Waals surface area contributed by atoms with Crippen molar-refractivity contribution in [3.8, 4) is 5.75 Å². The zero-order chi connectivity index (χ0) is 20.0. The van der Waals surface area contributed by atoms with E-state index in [1.807, 2.05) is 32.0 Å². The van der Waals surface area contributed by atoms with Gasteiger partial charge in [0.05, 0.1) is 24.0 Å². The maximum absolute atomic E-state index is 6.55. The summed E-state index contributed by atoms with van der Waals surface area (Å²) in [5.74, 6) is 0.637. The number of pyridine rings is 1. The molecule has 0 unspecified atom stereocenters. The second kappa shape index (κ2) is 9.95. The highest BCUT2D eigenvalue weighted by atomic mass is 127. The maximum atomic E-state index is 6.55. The Balaban J connectivity index is 0.00000126. The van der Waals surface area contributed by atoms with Gasteiger partial charge in [0, 0.05) is 27.5 Å². The second-order valence-electron chi connectivity index (χ2n) is 5.52. The van der Waals surface area contributed by atoms with Crippen molar-refractivity contribution < 1.29 is 4.74 Å². The minimum absolute atomic E-state index is 0.555. The van der Waals surface area contributed by atoms with Crippen molar-refractivity contribution in [2.75, 3.05) is 13.7 Å². The quantitative estimate of drug-likeness (QED) is 0.437. The van der Waals surface area contributed by atoms with E-state index in [9.17, 15) is 0 Å². The number of rotatable bonds is 4. The molecule has 1 aliphatic heterocycles. The van der Waals surface area contributed by atoms with Gasteiger partial charge < -0.3 is 9.64 Å². The van der Waals surface area contributed by atoms with E-state index in [0.717, 1.165) is 38.3 Å². The number of hydrogen-bond acceptors (Lipinski definition) is 3. The van der Waals surface area contributed by atoms with E-state index in [4.69, 9.17) is 16.3 Å². The highest BCUT2D eigenvalue weighted by molar-refractivity contribution is 14.1. The van der Waals surface area contributed by atoms with Crippen molar-refractivity contribution in [2.45, 2.75) is 20.8 Å². The summed E-state index contributed by atoms with van der Waals surface area (Å²) in [5, 5.41) is 0.555. The van der Waals surface area contributed by atoms with E-state index in [1.165, 1.54) is 0 Å². The van der Waals surface area contributed by atoms with Crippen molar-refractivity contribution in [1.29, 1.82) is 0 Å². The number of nitrogens with zero attached hydrogens (tertiary/aromatic N) is 2. The summed E-state index contributed by atoms with van der Waals surface area (Å²) in [5.41, 5.74) is 4.84. The molecule has 1 aromatic heterocycles. The maximum Gasteiger partial charge on any atom is 0.138 e. The first-order valence-corrected chi connectivity index (χ1v) is 10.4. The number of methoxy groups -OCH3 is 1. The van der Waals surface area contributed by atoms with E-state index in [2.05, 4.69) is 64.2 Å². The molecule has 5 heteroatoms. The highest BCUT2D eigenvalue weighted by Crippen LogP contribution is 2.42. The van der Waals surface area contributed by atoms with Crippen LogP contribution >= 0.6 is 34.2 Å². The smallest absolute Gasteiger partial charge is 0.138 e. The molecular weight excluding hydrogens is 471 g/mol. The van der Waals surface area contributed by atoms with Crippen LogP contribution in [0.2, 0.25) is 5.02 Å². The van der Waals surface area contributed by atoms with Gasteiger partial charge in [-0.25, -0.2) is 4.98 Å². The monoisotopic (exact) mass is 494 g/mol. The zero-order valence-corrected chi connectivity index (χ0v) is 19.0. The van der Waals surface area contributed by atoms with Crippen LogP contribution in [0.1, 0.15) is 32.0 Å². The Labute approximate surface area is 180 Å². The summed E-state index contributed by atoms with van der Waals surface area (Å²) < 4.78 is 6.34. The fraction of sp³-hybridized carbons (Fsp3) is 0.227. The normalized spacial score (nSPS) is 13.8. The van der Waals surface area contributed by atoms with Crippen LogP contribution in [0.4, 0.5) is 0 Å². The van der Waals surface area contributed by atoms with Gasteiger partial charge in [0.25, 0.3) is 0 Å². The number of likely N-dealkylation sites (N-methyl/N-ethyl adjacent to an activating group) is 1. The van der Waals surface area contributed by atoms with Crippen LogP contribution in [0.5, 0.6) is 5.75 Å². The summed E-state index contributed by atoms with van der Waals surface area (Å²) in [6, 6.07) is 12.0. The third kappa shape index (κ3) is 4.55. The number of ether oxygens (including phenoxy) is 1. The van der Waals surface area contributed by atoms with Crippen LogP contribution in [-0.2, 0) is 0 Å². The summed E-state index contributed by atoms with van der Waals surface area (Å²) in [4.78, 5) is 6.73. The fourth-order valence-corrected chi connectivity index (χ4v) is 3.68. The van der Waals surface area contributed by atoms with E-state index in [1.54, 1.807) is 19.4 Å².